The highest BCUT2D eigenvalue weighted by molar-refractivity contribution is 5.91. The summed E-state index contributed by atoms with van der Waals surface area (Å²) in [6, 6.07) is 3.17. The van der Waals surface area contributed by atoms with Gasteiger partial charge < -0.3 is 43.4 Å². The first-order valence-corrected chi connectivity index (χ1v) is 13.2. The highest BCUT2D eigenvalue weighted by atomic mass is 16.7. The number of carbonyl (C=O) groups excluding carboxylic acids is 2. The maximum absolute atomic E-state index is 13.2. The van der Waals surface area contributed by atoms with Crippen LogP contribution in [0.2, 0.25) is 0 Å². The summed E-state index contributed by atoms with van der Waals surface area (Å²) < 4.78 is 40.2. The minimum absolute atomic E-state index is 0.0120. The number of hydrogen-bond donors (Lipinski definition) is 2. The Morgan fingerprint density at radius 1 is 1.05 bits per heavy atom. The first-order chi connectivity index (χ1) is 19.5. The van der Waals surface area contributed by atoms with Crippen LogP contribution in [0.15, 0.2) is 23.8 Å². The normalized spacial score (nSPS) is 23.0. The molecule has 11 nitrogen and oxygen atoms in total. The monoisotopic (exact) mass is 572 g/mol. The van der Waals surface area contributed by atoms with Crippen molar-refractivity contribution < 1.29 is 53.0 Å². The summed E-state index contributed by atoms with van der Waals surface area (Å²) in [6.07, 6.45) is -0.831. The van der Waals surface area contributed by atoms with Crippen molar-refractivity contribution in [2.45, 2.75) is 58.8 Å². The van der Waals surface area contributed by atoms with Gasteiger partial charge in [-0.05, 0) is 32.9 Å². The van der Waals surface area contributed by atoms with Crippen molar-refractivity contribution in [2.24, 2.45) is 5.92 Å². The van der Waals surface area contributed by atoms with Crippen molar-refractivity contribution in [3.8, 4) is 45.6 Å². The zero-order valence-electron chi connectivity index (χ0n) is 24.4. The Kier molecular flexibility index (Phi) is 8.30. The second-order valence-electron chi connectivity index (χ2n) is 10.1. The molecule has 0 fully saturated rings. The van der Waals surface area contributed by atoms with E-state index in [4.69, 9.17) is 33.2 Å². The Hall–Kier alpha value is -4.12. The number of benzene rings is 2. The average molecular weight is 573 g/mol. The van der Waals surface area contributed by atoms with E-state index < -0.39 is 35.7 Å². The zero-order valence-corrected chi connectivity index (χ0v) is 24.4. The molecule has 1 aliphatic carbocycles. The lowest BCUT2D eigenvalue weighted by atomic mass is 9.71. The van der Waals surface area contributed by atoms with Gasteiger partial charge in [0.15, 0.2) is 29.1 Å². The molecule has 4 rings (SSSR count). The van der Waals surface area contributed by atoms with Gasteiger partial charge in [0.1, 0.15) is 11.7 Å². The van der Waals surface area contributed by atoms with Gasteiger partial charge in [-0.3, -0.25) is 4.79 Å². The lowest BCUT2D eigenvalue weighted by molar-refractivity contribution is -0.183. The Balaban J connectivity index is 2.21. The number of fused-ring (bicyclic) bond motifs is 4. The Labute approximate surface area is 238 Å². The first kappa shape index (κ1) is 29.9. The van der Waals surface area contributed by atoms with E-state index in [1.807, 2.05) is 0 Å². The van der Waals surface area contributed by atoms with Gasteiger partial charge in [-0.1, -0.05) is 19.9 Å². The number of phenols is 1. The van der Waals surface area contributed by atoms with Gasteiger partial charge in [0, 0.05) is 40.2 Å². The van der Waals surface area contributed by atoms with E-state index >= 15 is 0 Å². The first-order valence-electron chi connectivity index (χ1n) is 13.2. The van der Waals surface area contributed by atoms with Crippen LogP contribution in [0.5, 0.6) is 34.5 Å². The molecule has 1 aliphatic heterocycles. The minimum Gasteiger partial charge on any atom is -0.504 e. The van der Waals surface area contributed by atoms with Crippen molar-refractivity contribution >= 4 is 11.9 Å². The summed E-state index contributed by atoms with van der Waals surface area (Å²) in [5, 5.41) is 24.0. The van der Waals surface area contributed by atoms with Crippen LogP contribution in [0.25, 0.3) is 11.1 Å². The van der Waals surface area contributed by atoms with E-state index in [0.29, 0.717) is 16.9 Å². The van der Waals surface area contributed by atoms with E-state index in [-0.39, 0.29) is 58.7 Å². The molecule has 222 valence electrons. The van der Waals surface area contributed by atoms with Gasteiger partial charge in [-0.25, -0.2) is 4.79 Å². The van der Waals surface area contributed by atoms with E-state index in [1.165, 1.54) is 34.3 Å². The number of carbonyl (C=O) groups is 2. The van der Waals surface area contributed by atoms with Gasteiger partial charge >= 0.3 is 11.9 Å². The topological polar surface area (TPSA) is 139 Å². The quantitative estimate of drug-likeness (QED) is 0.351. The lowest BCUT2D eigenvalue weighted by Crippen LogP contribution is -2.46. The third kappa shape index (κ3) is 4.88. The number of esters is 2. The third-order valence-electron chi connectivity index (χ3n) is 7.80. The molecular weight excluding hydrogens is 536 g/mol. The number of allylic oxidation sites excluding steroid dienone is 1. The van der Waals surface area contributed by atoms with E-state index in [1.54, 1.807) is 39.8 Å². The molecule has 11 heteroatoms. The Morgan fingerprint density at radius 2 is 1.73 bits per heavy atom. The van der Waals surface area contributed by atoms with Crippen molar-refractivity contribution in [3.63, 3.8) is 0 Å². The smallest absolute Gasteiger partial charge is 0.334 e. The van der Waals surface area contributed by atoms with Crippen LogP contribution in [0, 0.1) is 5.92 Å². The van der Waals surface area contributed by atoms with E-state index in [0.717, 1.165) is 0 Å². The Bertz CT molecular complexity index is 1390. The highest BCUT2D eigenvalue weighted by Gasteiger charge is 2.51. The molecule has 41 heavy (non-hydrogen) atoms. The number of hydrogen-bond acceptors (Lipinski definition) is 11. The Morgan fingerprint density at radius 3 is 2.32 bits per heavy atom. The van der Waals surface area contributed by atoms with Crippen molar-refractivity contribution in [1.82, 2.24) is 0 Å². The largest absolute Gasteiger partial charge is 0.504 e. The fraction of sp³-hybridized carbons (Fsp3) is 0.467. The van der Waals surface area contributed by atoms with Crippen molar-refractivity contribution in [2.75, 3.05) is 28.1 Å². The second-order valence-corrected chi connectivity index (χ2v) is 10.1. The second kappa shape index (κ2) is 11.4. The fourth-order valence-corrected chi connectivity index (χ4v) is 5.19. The summed E-state index contributed by atoms with van der Waals surface area (Å²) in [7, 11) is 4.18. The molecule has 0 unspecified atom stereocenters. The number of aromatic hydroxyl groups is 1. The summed E-state index contributed by atoms with van der Waals surface area (Å²) >= 11 is 0. The molecule has 0 radical (unpaired) electrons. The van der Waals surface area contributed by atoms with Crippen LogP contribution in [0.3, 0.4) is 0 Å². The maximum atomic E-state index is 13.2. The lowest BCUT2D eigenvalue weighted by Gasteiger charge is -2.43. The van der Waals surface area contributed by atoms with Gasteiger partial charge in [0.2, 0.25) is 18.3 Å². The molecule has 0 amide bonds. The summed E-state index contributed by atoms with van der Waals surface area (Å²) in [4.78, 5) is 25.9. The van der Waals surface area contributed by atoms with Crippen LogP contribution in [-0.4, -0.2) is 55.9 Å². The molecule has 0 bridgehead atoms. The summed E-state index contributed by atoms with van der Waals surface area (Å²) in [5.41, 5.74) is -0.590. The molecule has 4 atom stereocenters. The molecular formula is C30H36O11. The minimum atomic E-state index is -1.86. The highest BCUT2D eigenvalue weighted by Crippen LogP contribution is 2.61. The maximum Gasteiger partial charge on any atom is 0.334 e. The predicted molar refractivity (Wildman–Crippen MR) is 146 cm³/mol. The molecule has 1 heterocycles. The van der Waals surface area contributed by atoms with Gasteiger partial charge in [-0.15, -0.1) is 0 Å². The van der Waals surface area contributed by atoms with Crippen LogP contribution in [0.1, 0.15) is 64.4 Å². The third-order valence-corrected chi connectivity index (χ3v) is 7.80. The number of phenolic OH excluding ortho intramolecular Hbond substituents is 1. The molecule has 0 saturated carbocycles. The number of methoxy groups -OCH3 is 3. The fourth-order valence-electron chi connectivity index (χ4n) is 5.19. The SMILES string of the molecule is CC=C(C)C(=O)O[C@H]1c2cc(OC)c(OC)c(O)c2-c2c(cc3c(c2OC)OCO3)[C@H](OC(=O)CC)[C@H](C)[C@]1(C)O. The zero-order chi connectivity index (χ0) is 30.2. The predicted octanol–water partition coefficient (Wildman–Crippen LogP) is 4.76. The molecule has 2 aromatic carbocycles. The van der Waals surface area contributed by atoms with Crippen molar-refractivity contribution in [1.29, 1.82) is 0 Å². The average Bonchev–Trinajstić information content (AvgIpc) is 3.44. The molecule has 2 N–H and O–H groups in total. The van der Waals surface area contributed by atoms with Gasteiger partial charge in [0.25, 0.3) is 0 Å². The van der Waals surface area contributed by atoms with Gasteiger partial charge in [0.05, 0.1) is 21.3 Å². The van der Waals surface area contributed by atoms with Crippen LogP contribution >= 0.6 is 0 Å². The molecule has 2 aliphatic rings. The number of ether oxygens (including phenoxy) is 7. The van der Waals surface area contributed by atoms with Gasteiger partial charge in [-0.2, -0.15) is 0 Å². The molecule has 0 spiro atoms. The number of aliphatic hydroxyl groups is 1. The van der Waals surface area contributed by atoms with E-state index in [2.05, 4.69) is 0 Å². The standard InChI is InChI=1S/C30H36O11/c1-9-14(3)29(33)41-28-17-12-18(35-6)25(36-7)23(32)21(17)22-16(11-19-26(27(22)37-8)39-13-38-19)24(40-20(31)10-2)15(4)30(28,5)34/h9,11-12,15,24,28,32,34H,10,13H2,1-8H3/t15-,24+,28-,30-/m0/s1. The number of rotatable bonds is 7. The summed E-state index contributed by atoms with van der Waals surface area (Å²) in [6.45, 7) is 8.00. The molecule has 0 aromatic heterocycles. The van der Waals surface area contributed by atoms with Crippen molar-refractivity contribution in [3.05, 3.63) is 34.9 Å². The van der Waals surface area contributed by atoms with Crippen LogP contribution in [0.4, 0.5) is 0 Å². The van der Waals surface area contributed by atoms with E-state index in [9.17, 15) is 19.8 Å². The molecule has 0 saturated heterocycles. The van der Waals surface area contributed by atoms with Crippen LogP contribution in [-0.2, 0) is 19.1 Å². The van der Waals surface area contributed by atoms with Crippen LogP contribution < -0.4 is 23.7 Å². The summed E-state index contributed by atoms with van der Waals surface area (Å²) in [5.74, 6) is -1.57. The molecule has 2 aromatic rings.